The van der Waals surface area contributed by atoms with Crippen LogP contribution in [-0.2, 0) is 0 Å². The van der Waals surface area contributed by atoms with Crippen LogP contribution < -0.4 is 0 Å². The third-order valence-corrected chi connectivity index (χ3v) is 1.92. The Hall–Kier alpha value is 0.0700. The minimum absolute atomic E-state index is 0.306. The highest BCUT2D eigenvalue weighted by Crippen LogP contribution is 2.32. The van der Waals surface area contributed by atoms with Crippen LogP contribution in [0.2, 0.25) is 0 Å². The molecule has 0 aromatic rings. The largest absolute Gasteiger partial charge is 0.395 e. The first-order chi connectivity index (χ1) is 4.55. The monoisotopic (exact) mass is 171 g/mol. The molecule has 1 atom stereocenters. The molecule has 0 aromatic carbocycles. The van der Waals surface area contributed by atoms with Crippen molar-refractivity contribution in [3.63, 3.8) is 0 Å². The fourth-order valence-corrected chi connectivity index (χ4v) is 1.32. The molecule has 1 rings (SSSR count). The van der Waals surface area contributed by atoms with E-state index in [1.165, 1.54) is 0 Å². The first-order valence-corrected chi connectivity index (χ1v) is 3.30. The lowest BCUT2D eigenvalue weighted by molar-refractivity contribution is 0.0163. The number of alkyl halides is 2. The molecule has 1 N–H and O–H groups in total. The minimum Gasteiger partial charge on any atom is -0.395 e. The maximum atomic E-state index is 12.4. The van der Waals surface area contributed by atoms with Crippen molar-refractivity contribution in [3.05, 3.63) is 0 Å². The lowest BCUT2D eigenvalue weighted by Gasteiger charge is -2.10. The molecule has 0 bridgehead atoms. The zero-order valence-corrected chi connectivity index (χ0v) is 5.98. The fraction of sp³-hybridized carbons (Fsp3) is 1.00. The average molecular weight is 172 g/mol. The molecule has 2 nitrogen and oxygen atoms in total. The predicted octanol–water partition coefficient (Wildman–Crippen LogP) is 0.842. The third-order valence-electron chi connectivity index (χ3n) is 1.52. The molecule has 1 saturated heterocycles. The molecule has 5 heteroatoms. The SMILES string of the molecule is OCC1CC(F)(F)CN1Cl. The van der Waals surface area contributed by atoms with Crippen molar-refractivity contribution in [1.82, 2.24) is 4.42 Å². The normalized spacial score (nSPS) is 33.0. The second-order valence-electron chi connectivity index (χ2n) is 2.45. The molecule has 0 radical (unpaired) electrons. The first-order valence-electron chi connectivity index (χ1n) is 2.96. The lowest BCUT2D eigenvalue weighted by atomic mass is 10.2. The van der Waals surface area contributed by atoms with Gasteiger partial charge in [0.2, 0.25) is 0 Å². The molecule has 1 unspecified atom stereocenters. The van der Waals surface area contributed by atoms with Crippen molar-refractivity contribution in [2.75, 3.05) is 13.2 Å². The van der Waals surface area contributed by atoms with Gasteiger partial charge in [-0.1, -0.05) is 0 Å². The van der Waals surface area contributed by atoms with E-state index in [-0.39, 0.29) is 13.0 Å². The van der Waals surface area contributed by atoms with Crippen molar-refractivity contribution in [1.29, 1.82) is 0 Å². The molecular weight excluding hydrogens is 164 g/mol. The van der Waals surface area contributed by atoms with Crippen LogP contribution in [0.3, 0.4) is 0 Å². The number of rotatable bonds is 1. The van der Waals surface area contributed by atoms with Gasteiger partial charge in [0.25, 0.3) is 5.92 Å². The molecule has 0 aromatic heterocycles. The molecule has 10 heavy (non-hydrogen) atoms. The standard InChI is InChI=1S/C5H8ClF2NO/c6-9-3-5(7,8)1-4(9)2-10/h4,10H,1-3H2. The van der Waals surface area contributed by atoms with Crippen LogP contribution in [0.25, 0.3) is 0 Å². The van der Waals surface area contributed by atoms with Gasteiger partial charge in [-0.05, 0) is 11.8 Å². The van der Waals surface area contributed by atoms with Gasteiger partial charge in [0.15, 0.2) is 0 Å². The van der Waals surface area contributed by atoms with E-state index in [1.807, 2.05) is 0 Å². The van der Waals surface area contributed by atoms with Gasteiger partial charge in [0.05, 0.1) is 19.2 Å². The van der Waals surface area contributed by atoms with Crippen LogP contribution in [0.5, 0.6) is 0 Å². The summed E-state index contributed by atoms with van der Waals surface area (Å²) in [5.74, 6) is -2.73. The molecule has 0 aliphatic carbocycles. The maximum absolute atomic E-state index is 12.4. The Bertz CT molecular complexity index is 133. The summed E-state index contributed by atoms with van der Waals surface area (Å²) in [7, 11) is 0. The summed E-state index contributed by atoms with van der Waals surface area (Å²) in [4.78, 5) is 0. The van der Waals surface area contributed by atoms with Gasteiger partial charge in [0, 0.05) is 6.42 Å². The van der Waals surface area contributed by atoms with E-state index in [0.29, 0.717) is 0 Å². The fourth-order valence-electron chi connectivity index (χ4n) is 1.01. The van der Waals surface area contributed by atoms with Gasteiger partial charge in [-0.2, -0.15) is 0 Å². The minimum atomic E-state index is -2.73. The van der Waals surface area contributed by atoms with Crippen LogP contribution in [0.15, 0.2) is 0 Å². The molecular formula is C5H8ClF2NO. The molecule has 0 spiro atoms. The number of halogens is 3. The number of aliphatic hydroxyl groups is 1. The number of hydrogen-bond donors (Lipinski definition) is 1. The quantitative estimate of drug-likeness (QED) is 0.591. The van der Waals surface area contributed by atoms with Gasteiger partial charge in [-0.3, -0.25) is 0 Å². The van der Waals surface area contributed by atoms with Crippen LogP contribution in [0, 0.1) is 0 Å². The zero-order valence-electron chi connectivity index (χ0n) is 5.23. The summed E-state index contributed by atoms with van der Waals surface area (Å²) in [6.45, 7) is -0.765. The van der Waals surface area contributed by atoms with Crippen molar-refractivity contribution < 1.29 is 13.9 Å². The van der Waals surface area contributed by atoms with Gasteiger partial charge < -0.3 is 5.11 Å². The summed E-state index contributed by atoms with van der Waals surface area (Å²) < 4.78 is 25.7. The summed E-state index contributed by atoms with van der Waals surface area (Å²) >= 11 is 5.36. The topological polar surface area (TPSA) is 23.5 Å². The highest BCUT2D eigenvalue weighted by atomic mass is 35.5. The smallest absolute Gasteiger partial charge is 0.263 e. The molecule has 0 amide bonds. The van der Waals surface area contributed by atoms with E-state index in [4.69, 9.17) is 16.9 Å². The van der Waals surface area contributed by atoms with Gasteiger partial charge in [-0.15, -0.1) is 0 Å². The number of aliphatic hydroxyl groups excluding tert-OH is 1. The van der Waals surface area contributed by atoms with E-state index in [9.17, 15) is 8.78 Å². The Kier molecular flexibility index (Phi) is 2.12. The Labute approximate surface area is 62.5 Å². The second kappa shape index (κ2) is 2.60. The van der Waals surface area contributed by atoms with Gasteiger partial charge >= 0.3 is 0 Å². The maximum Gasteiger partial charge on any atom is 0.263 e. The molecule has 1 heterocycles. The van der Waals surface area contributed by atoms with Crippen LogP contribution in [0.1, 0.15) is 6.42 Å². The second-order valence-corrected chi connectivity index (χ2v) is 2.89. The molecule has 0 saturated carbocycles. The first kappa shape index (κ1) is 8.17. The predicted molar refractivity (Wildman–Crippen MR) is 33.0 cm³/mol. The van der Waals surface area contributed by atoms with E-state index in [1.54, 1.807) is 0 Å². The summed E-state index contributed by atoms with van der Waals surface area (Å²) in [6.07, 6.45) is -0.340. The number of hydrogen-bond acceptors (Lipinski definition) is 2. The highest BCUT2D eigenvalue weighted by molar-refractivity contribution is 6.13. The van der Waals surface area contributed by atoms with E-state index < -0.39 is 18.5 Å². The Morgan fingerprint density at radius 1 is 1.70 bits per heavy atom. The molecule has 60 valence electrons. The Balaban J connectivity index is 2.52. The Morgan fingerprint density at radius 3 is 2.50 bits per heavy atom. The van der Waals surface area contributed by atoms with E-state index in [2.05, 4.69) is 0 Å². The molecule has 1 aliphatic rings. The molecule has 1 fully saturated rings. The average Bonchev–Trinajstić information content (AvgIpc) is 2.05. The van der Waals surface area contributed by atoms with Crippen LogP contribution in [0.4, 0.5) is 8.78 Å². The highest BCUT2D eigenvalue weighted by Gasteiger charge is 2.44. The zero-order chi connectivity index (χ0) is 7.78. The third kappa shape index (κ3) is 1.56. The molecule has 1 aliphatic heterocycles. The van der Waals surface area contributed by atoms with Crippen molar-refractivity contribution in [2.24, 2.45) is 0 Å². The van der Waals surface area contributed by atoms with Crippen LogP contribution in [-0.4, -0.2) is 34.6 Å². The van der Waals surface area contributed by atoms with Crippen molar-refractivity contribution in [3.8, 4) is 0 Å². The summed E-state index contributed by atoms with van der Waals surface area (Å²) in [5.41, 5.74) is 0. The lowest BCUT2D eigenvalue weighted by Crippen LogP contribution is -2.23. The summed E-state index contributed by atoms with van der Waals surface area (Å²) in [5, 5.41) is 8.51. The van der Waals surface area contributed by atoms with Gasteiger partial charge in [-0.25, -0.2) is 13.2 Å². The van der Waals surface area contributed by atoms with E-state index in [0.717, 1.165) is 4.42 Å². The van der Waals surface area contributed by atoms with E-state index >= 15 is 0 Å². The Morgan fingerprint density at radius 2 is 2.30 bits per heavy atom. The van der Waals surface area contributed by atoms with Gasteiger partial charge in [0.1, 0.15) is 0 Å². The van der Waals surface area contributed by atoms with Crippen LogP contribution >= 0.6 is 11.8 Å². The summed E-state index contributed by atoms with van der Waals surface area (Å²) in [6, 6.07) is -0.586. The van der Waals surface area contributed by atoms with Crippen molar-refractivity contribution in [2.45, 2.75) is 18.4 Å². The number of nitrogens with zero attached hydrogens (tertiary/aromatic N) is 1. The van der Waals surface area contributed by atoms with Crippen molar-refractivity contribution >= 4 is 11.8 Å².